The number of nitrogens with zero attached hydrogens (tertiary/aromatic N) is 5. The number of aromatic nitrogens is 5. The van der Waals surface area contributed by atoms with Gasteiger partial charge in [-0.3, -0.25) is 4.79 Å². The summed E-state index contributed by atoms with van der Waals surface area (Å²) >= 11 is 0. The number of hydrogen-bond acceptors (Lipinski definition) is 8. The SMILES string of the molecule is O=c1[nH]c(C2CCN(S(=O)(=O)c3ccc(S(=O)(=O)NC4CCCCCC4)cc3)CC2)nc2c1nnn2Cc1ccccc1. The molecule has 43 heavy (non-hydrogen) atoms. The minimum atomic E-state index is -3.84. The Hall–Kier alpha value is -3.46. The molecule has 2 aromatic heterocycles. The Labute approximate surface area is 250 Å². The first-order valence-electron chi connectivity index (χ1n) is 14.7. The van der Waals surface area contributed by atoms with Crippen molar-refractivity contribution in [3.63, 3.8) is 0 Å². The van der Waals surface area contributed by atoms with Crippen LogP contribution in [0.5, 0.6) is 0 Å². The summed E-state index contributed by atoms with van der Waals surface area (Å²) in [5.41, 5.74) is 1.17. The quantitative estimate of drug-likeness (QED) is 0.283. The van der Waals surface area contributed by atoms with Crippen molar-refractivity contribution in [1.82, 2.24) is 34.0 Å². The van der Waals surface area contributed by atoms with Gasteiger partial charge in [0.15, 0.2) is 11.2 Å². The second-order valence-electron chi connectivity index (χ2n) is 11.3. The Morgan fingerprint density at radius 1 is 0.837 bits per heavy atom. The second kappa shape index (κ2) is 12.3. The van der Waals surface area contributed by atoms with Gasteiger partial charge in [0.1, 0.15) is 5.82 Å². The summed E-state index contributed by atoms with van der Waals surface area (Å²) < 4.78 is 58.5. The van der Waals surface area contributed by atoms with Crippen molar-refractivity contribution in [1.29, 1.82) is 0 Å². The van der Waals surface area contributed by atoms with E-state index in [4.69, 9.17) is 4.98 Å². The molecular formula is C29H35N7O5S2. The van der Waals surface area contributed by atoms with E-state index in [9.17, 15) is 21.6 Å². The Kier molecular flexibility index (Phi) is 8.45. The van der Waals surface area contributed by atoms with E-state index in [1.54, 1.807) is 4.68 Å². The molecule has 0 unspecified atom stereocenters. The van der Waals surface area contributed by atoms with Crippen LogP contribution in [-0.2, 0) is 26.6 Å². The largest absolute Gasteiger partial charge is 0.308 e. The third-order valence-electron chi connectivity index (χ3n) is 8.36. The first-order valence-corrected chi connectivity index (χ1v) is 17.6. The molecule has 0 spiro atoms. The van der Waals surface area contributed by atoms with E-state index in [1.807, 2.05) is 30.3 Å². The molecule has 0 bridgehead atoms. The molecule has 12 nitrogen and oxygen atoms in total. The average molecular weight is 626 g/mol. The molecule has 4 aromatic rings. The van der Waals surface area contributed by atoms with Crippen LogP contribution in [0.3, 0.4) is 0 Å². The minimum Gasteiger partial charge on any atom is -0.308 e. The van der Waals surface area contributed by atoms with Gasteiger partial charge in [-0.2, -0.15) is 4.31 Å². The highest BCUT2D eigenvalue weighted by molar-refractivity contribution is 7.89. The lowest BCUT2D eigenvalue weighted by Gasteiger charge is -2.30. The molecular weight excluding hydrogens is 590 g/mol. The number of aromatic amines is 1. The van der Waals surface area contributed by atoms with Crippen LogP contribution < -0.4 is 10.3 Å². The van der Waals surface area contributed by atoms with Crippen molar-refractivity contribution in [2.45, 2.75) is 79.7 Å². The van der Waals surface area contributed by atoms with Crippen molar-refractivity contribution < 1.29 is 16.8 Å². The molecule has 2 fully saturated rings. The van der Waals surface area contributed by atoms with Crippen molar-refractivity contribution in [2.75, 3.05) is 13.1 Å². The van der Waals surface area contributed by atoms with Crippen LogP contribution in [0.1, 0.15) is 68.7 Å². The molecule has 1 aliphatic heterocycles. The van der Waals surface area contributed by atoms with Gasteiger partial charge in [0, 0.05) is 25.0 Å². The lowest BCUT2D eigenvalue weighted by molar-refractivity contribution is 0.313. The molecule has 2 aliphatic rings. The topological polar surface area (TPSA) is 160 Å². The van der Waals surface area contributed by atoms with E-state index in [1.165, 1.54) is 28.6 Å². The summed E-state index contributed by atoms with van der Waals surface area (Å²) in [6.07, 6.45) is 6.78. The fraction of sp³-hybridized carbons (Fsp3) is 0.448. The highest BCUT2D eigenvalue weighted by atomic mass is 32.2. The first kappa shape index (κ1) is 29.6. The van der Waals surface area contributed by atoms with Crippen molar-refractivity contribution in [2.24, 2.45) is 0 Å². The molecule has 2 aromatic carbocycles. The Bertz CT molecular complexity index is 1840. The Morgan fingerprint density at radius 2 is 1.49 bits per heavy atom. The normalized spacial score (nSPS) is 18.1. The zero-order chi connectivity index (χ0) is 30.0. The maximum absolute atomic E-state index is 13.4. The van der Waals surface area contributed by atoms with E-state index in [-0.39, 0.29) is 45.9 Å². The highest BCUT2D eigenvalue weighted by Crippen LogP contribution is 2.30. The van der Waals surface area contributed by atoms with Crippen LogP contribution in [0.25, 0.3) is 11.2 Å². The van der Waals surface area contributed by atoms with Crippen molar-refractivity contribution >= 4 is 31.2 Å². The molecule has 3 heterocycles. The van der Waals surface area contributed by atoms with E-state index in [0.29, 0.717) is 30.9 Å². The van der Waals surface area contributed by atoms with Gasteiger partial charge in [-0.1, -0.05) is 61.2 Å². The van der Waals surface area contributed by atoms with Crippen LogP contribution in [0.4, 0.5) is 0 Å². The maximum atomic E-state index is 13.4. The molecule has 1 aliphatic carbocycles. The molecule has 2 N–H and O–H groups in total. The summed E-state index contributed by atoms with van der Waals surface area (Å²) in [4.78, 5) is 20.4. The molecule has 1 saturated carbocycles. The van der Waals surface area contributed by atoms with E-state index < -0.39 is 20.0 Å². The summed E-state index contributed by atoms with van der Waals surface area (Å²) in [6, 6.07) is 15.0. The van der Waals surface area contributed by atoms with Crippen molar-refractivity contribution in [3.8, 4) is 0 Å². The molecule has 14 heteroatoms. The summed E-state index contributed by atoms with van der Waals surface area (Å²) in [5, 5.41) is 8.13. The first-order chi connectivity index (χ1) is 20.7. The third-order valence-corrected chi connectivity index (χ3v) is 11.8. The van der Waals surface area contributed by atoms with E-state index in [0.717, 1.165) is 44.1 Å². The predicted molar refractivity (Wildman–Crippen MR) is 160 cm³/mol. The Balaban J connectivity index is 1.13. The molecule has 0 amide bonds. The van der Waals surface area contributed by atoms with Crippen molar-refractivity contribution in [3.05, 3.63) is 76.3 Å². The van der Waals surface area contributed by atoms with Gasteiger partial charge in [0.05, 0.1) is 16.3 Å². The summed E-state index contributed by atoms with van der Waals surface area (Å²) in [5.74, 6) is 0.341. The zero-order valence-electron chi connectivity index (χ0n) is 23.7. The van der Waals surface area contributed by atoms with E-state index in [2.05, 4.69) is 20.0 Å². The minimum absolute atomic E-state index is 0.0446. The monoisotopic (exact) mass is 625 g/mol. The standard InChI is InChI=1S/C29H35N7O5S2/c37-29-26-28(36(34-32-26)20-21-8-4-3-5-9-21)30-27(31-29)22-16-18-35(19-17-22)43(40,41)25-14-12-24(13-15-25)42(38,39)33-23-10-6-1-2-7-11-23/h3-5,8-9,12-15,22-23,33H,1-2,6-7,10-11,16-20H2,(H,30,31,37). The smallest absolute Gasteiger partial charge is 0.281 e. The Morgan fingerprint density at radius 3 is 2.16 bits per heavy atom. The molecule has 6 rings (SSSR count). The van der Waals surface area contributed by atoms with Gasteiger partial charge in [0.25, 0.3) is 5.56 Å². The number of sulfonamides is 2. The number of hydrogen-bond donors (Lipinski definition) is 2. The fourth-order valence-electron chi connectivity index (χ4n) is 5.93. The lowest BCUT2D eigenvalue weighted by atomic mass is 9.97. The van der Waals surface area contributed by atoms with Crippen LogP contribution >= 0.6 is 0 Å². The van der Waals surface area contributed by atoms with Gasteiger partial charge in [-0.15, -0.1) is 5.10 Å². The number of benzene rings is 2. The van der Waals surface area contributed by atoms with Gasteiger partial charge < -0.3 is 4.98 Å². The third kappa shape index (κ3) is 6.42. The molecule has 1 saturated heterocycles. The van der Waals surface area contributed by atoms with E-state index >= 15 is 0 Å². The zero-order valence-corrected chi connectivity index (χ0v) is 25.4. The lowest BCUT2D eigenvalue weighted by Crippen LogP contribution is -2.38. The van der Waals surface area contributed by atoms with Crippen LogP contribution in [-0.4, -0.2) is 65.2 Å². The van der Waals surface area contributed by atoms with Gasteiger partial charge in [0.2, 0.25) is 20.0 Å². The number of fused-ring (bicyclic) bond motifs is 1. The molecule has 0 radical (unpaired) electrons. The number of nitrogens with one attached hydrogen (secondary N) is 2. The number of piperidine rings is 1. The summed E-state index contributed by atoms with van der Waals surface area (Å²) in [7, 11) is -7.58. The second-order valence-corrected chi connectivity index (χ2v) is 15.0. The number of H-pyrrole nitrogens is 1. The average Bonchev–Trinajstić information content (AvgIpc) is 3.24. The fourth-order valence-corrected chi connectivity index (χ4v) is 8.71. The molecule has 228 valence electrons. The van der Waals surface area contributed by atoms with Gasteiger partial charge in [-0.25, -0.2) is 31.2 Å². The van der Waals surface area contributed by atoms with Gasteiger partial charge >= 0.3 is 0 Å². The molecule has 0 atom stereocenters. The maximum Gasteiger partial charge on any atom is 0.281 e. The van der Waals surface area contributed by atoms with Crippen LogP contribution in [0, 0.1) is 0 Å². The van der Waals surface area contributed by atoms with Gasteiger partial charge in [-0.05, 0) is 55.5 Å². The highest BCUT2D eigenvalue weighted by Gasteiger charge is 2.32. The predicted octanol–water partition coefficient (Wildman–Crippen LogP) is 3.13. The summed E-state index contributed by atoms with van der Waals surface area (Å²) in [6.45, 7) is 0.889. The van der Waals surface area contributed by atoms with Crippen LogP contribution in [0.2, 0.25) is 0 Å². The number of rotatable bonds is 8. The van der Waals surface area contributed by atoms with Crippen LogP contribution in [0.15, 0.2) is 69.2 Å².